The van der Waals surface area contributed by atoms with Gasteiger partial charge < -0.3 is 19.5 Å². The lowest BCUT2D eigenvalue weighted by Gasteiger charge is -2.34. The third kappa shape index (κ3) is 4.11. The van der Waals surface area contributed by atoms with Gasteiger partial charge in [-0.25, -0.2) is 4.39 Å². The summed E-state index contributed by atoms with van der Waals surface area (Å²) in [6, 6.07) is 15.3. The number of para-hydroxylation sites is 1. The summed E-state index contributed by atoms with van der Waals surface area (Å²) in [5, 5.41) is 6.57. The van der Waals surface area contributed by atoms with Gasteiger partial charge in [-0.15, -0.1) is 0 Å². The molecular formula is C21H18FN3O4. The monoisotopic (exact) mass is 395 g/mol. The van der Waals surface area contributed by atoms with Gasteiger partial charge in [-0.2, -0.15) is 0 Å². The molecule has 8 heteroatoms. The van der Waals surface area contributed by atoms with Gasteiger partial charge in [-0.05, 0) is 29.8 Å². The van der Waals surface area contributed by atoms with Crippen molar-refractivity contribution in [3.63, 3.8) is 0 Å². The SMILES string of the molecule is O=C1NCCN(C(=O)c2cc(COc3ccccc3)on2)C1c1ccc(F)cc1. The van der Waals surface area contributed by atoms with Gasteiger partial charge in [0.05, 0.1) is 0 Å². The van der Waals surface area contributed by atoms with E-state index in [-0.39, 0.29) is 18.2 Å². The maximum absolute atomic E-state index is 13.3. The Balaban J connectivity index is 1.50. The molecule has 3 aromatic rings. The van der Waals surface area contributed by atoms with Gasteiger partial charge in [-0.1, -0.05) is 35.5 Å². The quantitative estimate of drug-likeness (QED) is 0.718. The third-order valence-corrected chi connectivity index (χ3v) is 4.56. The second-order valence-corrected chi connectivity index (χ2v) is 6.52. The first-order chi connectivity index (χ1) is 14.1. The van der Waals surface area contributed by atoms with Crippen LogP contribution < -0.4 is 10.1 Å². The molecule has 1 aromatic heterocycles. The van der Waals surface area contributed by atoms with Crippen LogP contribution in [0.15, 0.2) is 65.2 Å². The Morgan fingerprint density at radius 1 is 1.21 bits per heavy atom. The summed E-state index contributed by atoms with van der Waals surface area (Å²) in [7, 11) is 0. The van der Waals surface area contributed by atoms with Crippen molar-refractivity contribution in [1.82, 2.24) is 15.4 Å². The van der Waals surface area contributed by atoms with Crippen LogP contribution in [0.2, 0.25) is 0 Å². The van der Waals surface area contributed by atoms with E-state index in [9.17, 15) is 14.0 Å². The molecule has 0 radical (unpaired) electrons. The molecule has 4 rings (SSSR count). The summed E-state index contributed by atoms with van der Waals surface area (Å²) in [5.41, 5.74) is 0.603. The molecule has 1 saturated heterocycles. The standard InChI is InChI=1S/C21H18FN3O4/c22-15-8-6-14(7-9-15)19-20(26)23-10-11-25(19)21(27)18-12-17(29-24-18)13-28-16-4-2-1-3-5-16/h1-9,12,19H,10-11,13H2,(H,23,26). The summed E-state index contributed by atoms with van der Waals surface area (Å²) in [4.78, 5) is 26.8. The fourth-order valence-corrected chi connectivity index (χ4v) is 3.16. The zero-order valence-corrected chi connectivity index (χ0v) is 15.4. The number of hydrogen-bond acceptors (Lipinski definition) is 5. The van der Waals surface area contributed by atoms with Crippen LogP contribution in [0.5, 0.6) is 5.75 Å². The first kappa shape index (κ1) is 18.7. The van der Waals surface area contributed by atoms with E-state index in [0.29, 0.717) is 30.2 Å². The number of carbonyl (C=O) groups is 2. The highest BCUT2D eigenvalue weighted by atomic mass is 19.1. The highest BCUT2D eigenvalue weighted by molar-refractivity contribution is 5.97. The molecule has 1 atom stereocenters. The van der Waals surface area contributed by atoms with Gasteiger partial charge in [-0.3, -0.25) is 9.59 Å². The predicted molar refractivity (Wildman–Crippen MR) is 100 cm³/mol. The molecule has 148 valence electrons. The molecular weight excluding hydrogens is 377 g/mol. The highest BCUT2D eigenvalue weighted by Gasteiger charge is 2.36. The van der Waals surface area contributed by atoms with Crippen LogP contribution in [0.1, 0.15) is 27.9 Å². The molecule has 2 aromatic carbocycles. The van der Waals surface area contributed by atoms with Gasteiger partial charge in [0.2, 0.25) is 5.91 Å². The minimum absolute atomic E-state index is 0.0819. The van der Waals surface area contributed by atoms with E-state index >= 15 is 0 Å². The van der Waals surface area contributed by atoms with Gasteiger partial charge in [0.15, 0.2) is 11.5 Å². The fraction of sp³-hybridized carbons (Fsp3) is 0.190. The average molecular weight is 395 g/mol. The molecule has 1 N–H and O–H groups in total. The number of nitrogens with zero attached hydrogens (tertiary/aromatic N) is 2. The van der Waals surface area contributed by atoms with Crippen molar-refractivity contribution in [2.45, 2.75) is 12.6 Å². The number of benzene rings is 2. The zero-order valence-electron chi connectivity index (χ0n) is 15.4. The Hall–Kier alpha value is -3.68. The number of nitrogens with one attached hydrogen (secondary N) is 1. The lowest BCUT2D eigenvalue weighted by molar-refractivity contribution is -0.128. The first-order valence-electron chi connectivity index (χ1n) is 9.09. The largest absolute Gasteiger partial charge is 0.486 e. The topological polar surface area (TPSA) is 84.7 Å². The molecule has 1 aliphatic heterocycles. The lowest BCUT2D eigenvalue weighted by Crippen LogP contribution is -2.52. The average Bonchev–Trinajstić information content (AvgIpc) is 3.22. The molecule has 0 bridgehead atoms. The van der Waals surface area contributed by atoms with Gasteiger partial charge >= 0.3 is 0 Å². The van der Waals surface area contributed by atoms with Crippen LogP contribution in [0.4, 0.5) is 4.39 Å². The van der Waals surface area contributed by atoms with Gasteiger partial charge in [0, 0.05) is 19.2 Å². The zero-order chi connectivity index (χ0) is 20.2. The molecule has 1 unspecified atom stereocenters. The number of ether oxygens (including phenoxy) is 1. The number of aromatic nitrogens is 1. The Morgan fingerprint density at radius 2 is 1.97 bits per heavy atom. The number of halogens is 1. The third-order valence-electron chi connectivity index (χ3n) is 4.56. The van der Waals surface area contributed by atoms with Crippen LogP contribution in [0.3, 0.4) is 0 Å². The Kier molecular flexibility index (Phi) is 5.24. The summed E-state index contributed by atoms with van der Waals surface area (Å²) in [6.07, 6.45) is 0. The number of rotatable bonds is 5. The van der Waals surface area contributed by atoms with Crippen molar-refractivity contribution in [3.8, 4) is 5.75 Å². The Labute approximate surface area is 166 Å². The summed E-state index contributed by atoms with van der Waals surface area (Å²) >= 11 is 0. The minimum Gasteiger partial charge on any atom is -0.486 e. The van der Waals surface area contributed by atoms with Gasteiger partial charge in [0.25, 0.3) is 5.91 Å². The van der Waals surface area contributed by atoms with Crippen LogP contribution in [-0.4, -0.2) is 35.0 Å². The number of carbonyl (C=O) groups excluding carboxylic acids is 2. The second-order valence-electron chi connectivity index (χ2n) is 6.52. The van der Waals surface area contributed by atoms with Crippen molar-refractivity contribution in [3.05, 3.63) is 83.5 Å². The first-order valence-corrected chi connectivity index (χ1v) is 9.09. The predicted octanol–water partition coefficient (Wildman–Crippen LogP) is 2.71. The van der Waals surface area contributed by atoms with Crippen LogP contribution >= 0.6 is 0 Å². The van der Waals surface area contributed by atoms with E-state index < -0.39 is 17.8 Å². The van der Waals surface area contributed by atoms with E-state index in [2.05, 4.69) is 10.5 Å². The second kappa shape index (κ2) is 8.14. The van der Waals surface area contributed by atoms with Crippen molar-refractivity contribution < 1.29 is 23.2 Å². The minimum atomic E-state index is -0.863. The number of amides is 2. The van der Waals surface area contributed by atoms with E-state index in [1.165, 1.54) is 35.2 Å². The summed E-state index contributed by atoms with van der Waals surface area (Å²) < 4.78 is 24.1. The maximum atomic E-state index is 13.3. The molecule has 0 aliphatic carbocycles. The van der Waals surface area contributed by atoms with Crippen molar-refractivity contribution >= 4 is 11.8 Å². The van der Waals surface area contributed by atoms with Crippen LogP contribution in [-0.2, 0) is 11.4 Å². The molecule has 1 fully saturated rings. The van der Waals surface area contributed by atoms with Crippen molar-refractivity contribution in [1.29, 1.82) is 0 Å². The molecule has 2 amide bonds. The normalized spacial score (nSPS) is 16.4. The van der Waals surface area contributed by atoms with E-state index in [0.717, 1.165) is 0 Å². The molecule has 29 heavy (non-hydrogen) atoms. The van der Waals surface area contributed by atoms with Crippen molar-refractivity contribution in [2.75, 3.05) is 13.1 Å². The number of piperazine rings is 1. The number of hydrogen-bond donors (Lipinski definition) is 1. The maximum Gasteiger partial charge on any atom is 0.277 e. The fourth-order valence-electron chi connectivity index (χ4n) is 3.16. The summed E-state index contributed by atoms with van der Waals surface area (Å²) in [6.45, 7) is 0.742. The van der Waals surface area contributed by atoms with Gasteiger partial charge in [0.1, 0.15) is 24.2 Å². The van der Waals surface area contributed by atoms with E-state index in [1.54, 1.807) is 0 Å². The molecule has 0 spiro atoms. The molecule has 7 nitrogen and oxygen atoms in total. The summed E-state index contributed by atoms with van der Waals surface area (Å²) in [5.74, 6) is -0.128. The molecule has 1 aliphatic rings. The Bertz CT molecular complexity index is 1000. The van der Waals surface area contributed by atoms with Crippen LogP contribution in [0.25, 0.3) is 0 Å². The Morgan fingerprint density at radius 3 is 2.72 bits per heavy atom. The molecule has 2 heterocycles. The molecule has 0 saturated carbocycles. The van der Waals surface area contributed by atoms with E-state index in [1.807, 2.05) is 30.3 Å². The highest BCUT2D eigenvalue weighted by Crippen LogP contribution is 2.25. The van der Waals surface area contributed by atoms with Crippen molar-refractivity contribution in [2.24, 2.45) is 0 Å². The van der Waals surface area contributed by atoms with Crippen LogP contribution in [0, 0.1) is 5.82 Å². The smallest absolute Gasteiger partial charge is 0.277 e. The lowest BCUT2D eigenvalue weighted by atomic mass is 10.0. The van der Waals surface area contributed by atoms with E-state index in [4.69, 9.17) is 9.26 Å².